The van der Waals surface area contributed by atoms with Crippen LogP contribution in [0.25, 0.3) is 56.1 Å². The Hall–Kier alpha value is -5.61. The molecule has 0 bridgehead atoms. The summed E-state index contributed by atoms with van der Waals surface area (Å²) in [4.78, 5) is 22.1. The van der Waals surface area contributed by atoms with Crippen LogP contribution in [0.5, 0.6) is 5.75 Å². The summed E-state index contributed by atoms with van der Waals surface area (Å²) in [7, 11) is 1.64. The molecule has 7 aromatic rings. The van der Waals surface area contributed by atoms with Gasteiger partial charge >= 0.3 is 0 Å². The van der Waals surface area contributed by atoms with E-state index in [-0.39, 0.29) is 0 Å². The zero-order valence-corrected chi connectivity index (χ0v) is 21.9. The molecule has 0 amide bonds. The maximum absolute atomic E-state index is 10.6. The summed E-state index contributed by atoms with van der Waals surface area (Å²) in [6.07, 6.45) is 4.29. The van der Waals surface area contributed by atoms with Gasteiger partial charge in [0.1, 0.15) is 16.8 Å². The molecule has 0 aliphatic carbocycles. The average molecular weight is 541 g/mol. The zero-order chi connectivity index (χ0) is 27.8. The van der Waals surface area contributed by atoms with Crippen molar-refractivity contribution in [1.29, 1.82) is 0 Å². The zero-order valence-electron chi connectivity index (χ0n) is 21.9. The lowest BCUT2D eigenvalue weighted by Gasteiger charge is -2.14. The second-order valence-corrected chi connectivity index (χ2v) is 9.46. The summed E-state index contributed by atoms with van der Waals surface area (Å²) in [5, 5.41) is 21.3. The molecule has 0 aliphatic rings. The van der Waals surface area contributed by atoms with Crippen molar-refractivity contribution in [3.05, 3.63) is 103 Å². The van der Waals surface area contributed by atoms with E-state index in [0.29, 0.717) is 28.4 Å². The molecule has 10 heteroatoms. The third kappa shape index (κ3) is 4.62. The Kier molecular flexibility index (Phi) is 6.06. The van der Waals surface area contributed by atoms with E-state index >= 15 is 0 Å². The van der Waals surface area contributed by atoms with Crippen molar-refractivity contribution in [1.82, 2.24) is 35.1 Å². The minimum Gasteiger partial charge on any atom is -0.497 e. The Morgan fingerprint density at radius 3 is 2.59 bits per heavy atom. The lowest BCUT2D eigenvalue weighted by molar-refractivity contribution is 0.208. The number of aromatic amines is 2. The molecule has 0 fully saturated rings. The average Bonchev–Trinajstić information content (AvgIpc) is 3.65. The molecule has 7 rings (SSSR count). The van der Waals surface area contributed by atoms with E-state index in [4.69, 9.17) is 14.7 Å². The Labute approximate surface area is 234 Å². The number of aliphatic hydroxyl groups is 1. The lowest BCUT2D eigenvalue weighted by Crippen LogP contribution is -2.09. The van der Waals surface area contributed by atoms with Crippen LogP contribution < -0.4 is 10.1 Å². The number of ether oxygens (including phenoxy) is 1. The van der Waals surface area contributed by atoms with E-state index in [1.54, 1.807) is 25.7 Å². The van der Waals surface area contributed by atoms with Crippen molar-refractivity contribution in [2.75, 3.05) is 12.4 Å². The van der Waals surface area contributed by atoms with Crippen LogP contribution in [-0.2, 0) is 0 Å². The highest BCUT2D eigenvalue weighted by atomic mass is 16.5. The Bertz CT molecular complexity index is 2000. The summed E-state index contributed by atoms with van der Waals surface area (Å²) < 4.78 is 5.40. The molecule has 10 nitrogen and oxygen atoms in total. The number of aliphatic hydroxyl groups excluding tert-OH is 1. The SMILES string of the molecule is COc1cccc(-c2nccc3[nH]c(-c4n[nH]c5ccc(-c6cncc(NC(O)c7ccccc7)c6)nc45)nc23)c1. The van der Waals surface area contributed by atoms with Crippen LogP contribution in [0.4, 0.5) is 5.69 Å². The molecule has 2 aromatic carbocycles. The Morgan fingerprint density at radius 1 is 0.829 bits per heavy atom. The highest BCUT2D eigenvalue weighted by molar-refractivity contribution is 5.95. The predicted octanol–water partition coefficient (Wildman–Crippen LogP) is 5.74. The largest absolute Gasteiger partial charge is 0.497 e. The molecule has 1 unspecified atom stereocenters. The van der Waals surface area contributed by atoms with Crippen molar-refractivity contribution in [2.45, 2.75) is 6.23 Å². The predicted molar refractivity (Wildman–Crippen MR) is 157 cm³/mol. The maximum Gasteiger partial charge on any atom is 0.161 e. The molecule has 0 saturated carbocycles. The fourth-order valence-corrected chi connectivity index (χ4v) is 4.79. The molecule has 200 valence electrons. The molecule has 0 spiro atoms. The summed E-state index contributed by atoms with van der Waals surface area (Å²) >= 11 is 0. The molecule has 0 aliphatic heterocycles. The van der Waals surface area contributed by atoms with Gasteiger partial charge in [-0.1, -0.05) is 42.5 Å². The minimum absolute atomic E-state index is 0.576. The molecule has 41 heavy (non-hydrogen) atoms. The first-order valence-corrected chi connectivity index (χ1v) is 13.0. The van der Waals surface area contributed by atoms with Gasteiger partial charge in [0, 0.05) is 29.1 Å². The molecule has 5 aromatic heterocycles. The number of nitrogens with one attached hydrogen (secondary N) is 3. The van der Waals surface area contributed by atoms with Crippen molar-refractivity contribution in [3.8, 4) is 39.8 Å². The number of rotatable bonds is 7. The summed E-state index contributed by atoms with van der Waals surface area (Å²) in [5.41, 5.74) is 8.17. The Morgan fingerprint density at radius 2 is 1.71 bits per heavy atom. The number of aromatic nitrogens is 7. The van der Waals surface area contributed by atoms with Crippen LogP contribution in [0.2, 0.25) is 0 Å². The highest BCUT2D eigenvalue weighted by Crippen LogP contribution is 2.32. The van der Waals surface area contributed by atoms with Crippen molar-refractivity contribution < 1.29 is 9.84 Å². The number of nitrogens with zero attached hydrogens (tertiary/aromatic N) is 5. The van der Waals surface area contributed by atoms with Crippen molar-refractivity contribution in [2.24, 2.45) is 0 Å². The van der Waals surface area contributed by atoms with Gasteiger partial charge in [-0.2, -0.15) is 5.10 Å². The second kappa shape index (κ2) is 10.2. The smallest absolute Gasteiger partial charge is 0.161 e. The van der Waals surface area contributed by atoms with Crippen LogP contribution >= 0.6 is 0 Å². The first-order chi connectivity index (χ1) is 20.2. The van der Waals surface area contributed by atoms with Gasteiger partial charge in [-0.15, -0.1) is 0 Å². The van der Waals surface area contributed by atoms with Crippen LogP contribution in [0, 0.1) is 0 Å². The summed E-state index contributed by atoms with van der Waals surface area (Å²) in [5.74, 6) is 1.32. The molecular formula is C31H24N8O2. The van der Waals surface area contributed by atoms with Gasteiger partial charge in [-0.25, -0.2) is 9.97 Å². The van der Waals surface area contributed by atoms with E-state index in [0.717, 1.165) is 44.7 Å². The third-order valence-corrected chi connectivity index (χ3v) is 6.83. The van der Waals surface area contributed by atoms with Gasteiger partial charge in [0.25, 0.3) is 0 Å². The van der Waals surface area contributed by atoms with E-state index in [9.17, 15) is 5.11 Å². The lowest BCUT2D eigenvalue weighted by atomic mass is 10.1. The number of hydrogen-bond donors (Lipinski definition) is 4. The van der Waals surface area contributed by atoms with Crippen LogP contribution in [0.3, 0.4) is 0 Å². The molecule has 4 N–H and O–H groups in total. The van der Waals surface area contributed by atoms with Gasteiger partial charge in [0.2, 0.25) is 0 Å². The van der Waals surface area contributed by atoms with E-state index in [1.807, 2.05) is 78.9 Å². The normalized spacial score (nSPS) is 12.0. The topological polar surface area (TPSA) is 138 Å². The number of anilines is 1. The number of benzene rings is 2. The fourth-order valence-electron chi connectivity index (χ4n) is 4.79. The van der Waals surface area contributed by atoms with Gasteiger partial charge in [0.15, 0.2) is 17.7 Å². The molecular weight excluding hydrogens is 516 g/mol. The Balaban J connectivity index is 1.24. The molecule has 0 radical (unpaired) electrons. The van der Waals surface area contributed by atoms with Gasteiger partial charge < -0.3 is 20.1 Å². The quantitative estimate of drug-likeness (QED) is 0.188. The van der Waals surface area contributed by atoms with Crippen molar-refractivity contribution >= 4 is 27.8 Å². The summed E-state index contributed by atoms with van der Waals surface area (Å²) in [6, 6.07) is 24.8. The summed E-state index contributed by atoms with van der Waals surface area (Å²) in [6.45, 7) is 0. The molecule has 0 saturated heterocycles. The van der Waals surface area contributed by atoms with Crippen LogP contribution in [-0.4, -0.2) is 47.3 Å². The standard InChI is InChI=1S/C31H24N8O2/c1-41-22-9-5-8-19(15-22)26-27-24(12-13-33-26)36-30(37-27)29-28-25(38-39-29)11-10-23(35-28)20-14-21(17-32-16-20)34-31(40)18-6-3-2-4-7-18/h2-17,31,34,40H,1H3,(H,36,37)(H,38,39). The maximum atomic E-state index is 10.6. The number of hydrogen-bond acceptors (Lipinski definition) is 8. The second-order valence-electron chi connectivity index (χ2n) is 9.46. The van der Waals surface area contributed by atoms with Crippen molar-refractivity contribution in [3.63, 3.8) is 0 Å². The van der Waals surface area contributed by atoms with Crippen LogP contribution in [0.15, 0.2) is 97.5 Å². The fraction of sp³-hybridized carbons (Fsp3) is 0.0645. The van der Waals surface area contributed by atoms with Crippen LogP contribution in [0.1, 0.15) is 11.8 Å². The van der Waals surface area contributed by atoms with Gasteiger partial charge in [0.05, 0.1) is 41.4 Å². The number of pyridine rings is 3. The number of H-pyrrole nitrogens is 2. The first kappa shape index (κ1) is 24.4. The monoisotopic (exact) mass is 540 g/mol. The number of fused-ring (bicyclic) bond motifs is 2. The molecule has 1 atom stereocenters. The van der Waals surface area contributed by atoms with Gasteiger partial charge in [-0.05, 0) is 36.4 Å². The minimum atomic E-state index is -0.867. The molecule has 5 heterocycles. The first-order valence-electron chi connectivity index (χ1n) is 13.0. The number of methoxy groups -OCH3 is 1. The van der Waals surface area contributed by atoms with E-state index in [2.05, 4.69) is 30.5 Å². The van der Waals surface area contributed by atoms with E-state index in [1.165, 1.54) is 0 Å². The third-order valence-electron chi connectivity index (χ3n) is 6.83. The highest BCUT2D eigenvalue weighted by Gasteiger charge is 2.18. The van der Waals surface area contributed by atoms with Gasteiger partial charge in [-0.3, -0.25) is 15.1 Å². The number of imidazole rings is 1. The van der Waals surface area contributed by atoms with E-state index < -0.39 is 6.23 Å².